The standard InChI is InChI=1S/C16H11ClO2/c1-19-16(18)14-8-4-2-6-12(14)10-11-13-7-3-5-9-15(13)17/h2-9H,1H3. The molecule has 2 rings (SSSR count). The molecule has 0 aliphatic rings. The van der Waals surface area contributed by atoms with Crippen LogP contribution in [-0.2, 0) is 4.74 Å². The third-order valence-corrected chi connectivity index (χ3v) is 2.87. The van der Waals surface area contributed by atoms with Gasteiger partial charge in [-0.3, -0.25) is 0 Å². The Kier molecular flexibility index (Phi) is 4.22. The Morgan fingerprint density at radius 3 is 2.26 bits per heavy atom. The molecule has 0 fully saturated rings. The van der Waals surface area contributed by atoms with E-state index in [1.807, 2.05) is 24.3 Å². The lowest BCUT2D eigenvalue weighted by Gasteiger charge is -2.01. The van der Waals surface area contributed by atoms with E-state index in [0.29, 0.717) is 16.1 Å². The maximum absolute atomic E-state index is 11.6. The molecule has 2 aromatic carbocycles. The van der Waals surface area contributed by atoms with Gasteiger partial charge in [0, 0.05) is 11.1 Å². The van der Waals surface area contributed by atoms with Gasteiger partial charge in [-0.25, -0.2) is 4.79 Å². The highest BCUT2D eigenvalue weighted by Crippen LogP contribution is 2.14. The largest absolute Gasteiger partial charge is 0.465 e. The van der Waals surface area contributed by atoms with Crippen molar-refractivity contribution in [3.63, 3.8) is 0 Å². The minimum atomic E-state index is -0.399. The van der Waals surface area contributed by atoms with Gasteiger partial charge in [-0.2, -0.15) is 0 Å². The quantitative estimate of drug-likeness (QED) is 0.585. The van der Waals surface area contributed by atoms with Crippen LogP contribution >= 0.6 is 11.6 Å². The lowest BCUT2D eigenvalue weighted by Crippen LogP contribution is -2.03. The molecule has 0 heterocycles. The molecule has 0 unspecified atom stereocenters. The van der Waals surface area contributed by atoms with Gasteiger partial charge in [0.05, 0.1) is 17.7 Å². The fourth-order valence-electron chi connectivity index (χ4n) is 1.58. The van der Waals surface area contributed by atoms with Crippen molar-refractivity contribution in [3.8, 4) is 11.8 Å². The van der Waals surface area contributed by atoms with Gasteiger partial charge in [0.2, 0.25) is 0 Å². The van der Waals surface area contributed by atoms with Gasteiger partial charge in [-0.15, -0.1) is 0 Å². The molecule has 19 heavy (non-hydrogen) atoms. The summed E-state index contributed by atoms with van der Waals surface area (Å²) in [7, 11) is 1.35. The SMILES string of the molecule is COC(=O)c1ccccc1C#Cc1ccccc1Cl. The number of esters is 1. The van der Waals surface area contributed by atoms with Crippen molar-refractivity contribution >= 4 is 17.6 Å². The molecule has 0 saturated heterocycles. The van der Waals surface area contributed by atoms with Gasteiger partial charge in [-0.05, 0) is 24.3 Å². The Hall–Kier alpha value is -2.24. The second-order valence-electron chi connectivity index (χ2n) is 3.77. The number of carbonyl (C=O) groups excluding carboxylic acids is 1. The van der Waals surface area contributed by atoms with Gasteiger partial charge in [0.1, 0.15) is 0 Å². The molecule has 0 spiro atoms. The van der Waals surface area contributed by atoms with Crippen molar-refractivity contribution in [1.29, 1.82) is 0 Å². The molecule has 94 valence electrons. The van der Waals surface area contributed by atoms with E-state index in [2.05, 4.69) is 11.8 Å². The van der Waals surface area contributed by atoms with Gasteiger partial charge in [-0.1, -0.05) is 47.7 Å². The summed E-state index contributed by atoms with van der Waals surface area (Å²) >= 11 is 6.03. The van der Waals surface area contributed by atoms with E-state index < -0.39 is 5.97 Å². The van der Waals surface area contributed by atoms with Crippen molar-refractivity contribution < 1.29 is 9.53 Å². The van der Waals surface area contributed by atoms with Crippen LogP contribution in [0.25, 0.3) is 0 Å². The zero-order valence-corrected chi connectivity index (χ0v) is 11.1. The van der Waals surface area contributed by atoms with Crippen LogP contribution in [0.4, 0.5) is 0 Å². The summed E-state index contributed by atoms with van der Waals surface area (Å²) < 4.78 is 4.72. The molecule has 2 aromatic rings. The van der Waals surface area contributed by atoms with E-state index in [1.54, 1.807) is 24.3 Å². The summed E-state index contributed by atoms with van der Waals surface area (Å²) in [4.78, 5) is 11.6. The van der Waals surface area contributed by atoms with Crippen LogP contribution in [0.5, 0.6) is 0 Å². The van der Waals surface area contributed by atoms with Crippen LogP contribution in [0.3, 0.4) is 0 Å². The van der Waals surface area contributed by atoms with Crippen molar-refractivity contribution in [2.24, 2.45) is 0 Å². The van der Waals surface area contributed by atoms with E-state index in [-0.39, 0.29) is 0 Å². The van der Waals surface area contributed by atoms with Crippen molar-refractivity contribution in [2.75, 3.05) is 7.11 Å². The van der Waals surface area contributed by atoms with E-state index in [4.69, 9.17) is 16.3 Å². The lowest BCUT2D eigenvalue weighted by molar-refractivity contribution is 0.0600. The maximum atomic E-state index is 11.6. The Labute approximate surface area is 117 Å². The number of rotatable bonds is 1. The lowest BCUT2D eigenvalue weighted by atomic mass is 10.1. The average molecular weight is 271 g/mol. The minimum absolute atomic E-state index is 0.399. The van der Waals surface area contributed by atoms with Gasteiger partial charge in [0.15, 0.2) is 0 Å². The van der Waals surface area contributed by atoms with Gasteiger partial charge >= 0.3 is 5.97 Å². The van der Waals surface area contributed by atoms with Crippen LogP contribution in [0.1, 0.15) is 21.5 Å². The topological polar surface area (TPSA) is 26.3 Å². The fourth-order valence-corrected chi connectivity index (χ4v) is 1.76. The van der Waals surface area contributed by atoms with Crippen LogP contribution in [-0.4, -0.2) is 13.1 Å². The number of hydrogen-bond acceptors (Lipinski definition) is 2. The fraction of sp³-hybridized carbons (Fsp3) is 0.0625. The Bertz CT molecular complexity index is 666. The van der Waals surface area contributed by atoms with E-state index in [9.17, 15) is 4.79 Å². The van der Waals surface area contributed by atoms with E-state index >= 15 is 0 Å². The van der Waals surface area contributed by atoms with Crippen LogP contribution in [0.15, 0.2) is 48.5 Å². The molecule has 0 atom stereocenters. The molecule has 0 saturated carbocycles. The van der Waals surface area contributed by atoms with Gasteiger partial charge < -0.3 is 4.74 Å². The van der Waals surface area contributed by atoms with E-state index in [1.165, 1.54) is 7.11 Å². The second-order valence-corrected chi connectivity index (χ2v) is 4.17. The zero-order valence-electron chi connectivity index (χ0n) is 10.3. The summed E-state index contributed by atoms with van der Waals surface area (Å²) in [5.41, 5.74) is 1.79. The highest BCUT2D eigenvalue weighted by molar-refractivity contribution is 6.31. The van der Waals surface area contributed by atoms with Crippen LogP contribution in [0, 0.1) is 11.8 Å². The summed E-state index contributed by atoms with van der Waals surface area (Å²) in [6.45, 7) is 0. The number of ether oxygens (including phenoxy) is 1. The summed E-state index contributed by atoms with van der Waals surface area (Å²) in [5.74, 6) is 5.51. The molecule has 3 heteroatoms. The molecule has 0 radical (unpaired) electrons. The zero-order chi connectivity index (χ0) is 13.7. The smallest absolute Gasteiger partial charge is 0.339 e. The molecule has 0 N–H and O–H groups in total. The van der Waals surface area contributed by atoms with Crippen LogP contribution in [0.2, 0.25) is 5.02 Å². The van der Waals surface area contributed by atoms with Crippen molar-refractivity contribution in [3.05, 3.63) is 70.2 Å². The number of halogens is 1. The summed E-state index contributed by atoms with van der Waals surface area (Å²) in [5, 5.41) is 0.588. The molecule has 0 aromatic heterocycles. The number of hydrogen-bond donors (Lipinski definition) is 0. The molecular formula is C16H11ClO2. The predicted molar refractivity (Wildman–Crippen MR) is 75.2 cm³/mol. The maximum Gasteiger partial charge on any atom is 0.339 e. The first-order valence-corrected chi connectivity index (χ1v) is 6.04. The number of benzene rings is 2. The molecule has 0 aliphatic carbocycles. The second kappa shape index (κ2) is 6.08. The first-order valence-electron chi connectivity index (χ1n) is 5.66. The van der Waals surface area contributed by atoms with Crippen molar-refractivity contribution in [2.45, 2.75) is 0 Å². The highest BCUT2D eigenvalue weighted by Gasteiger charge is 2.08. The van der Waals surface area contributed by atoms with E-state index in [0.717, 1.165) is 5.56 Å². The highest BCUT2D eigenvalue weighted by atomic mass is 35.5. The molecule has 0 aliphatic heterocycles. The molecule has 2 nitrogen and oxygen atoms in total. The predicted octanol–water partition coefficient (Wildman–Crippen LogP) is 3.53. The Morgan fingerprint density at radius 2 is 1.58 bits per heavy atom. The molecular weight excluding hydrogens is 260 g/mol. The van der Waals surface area contributed by atoms with Gasteiger partial charge in [0.25, 0.3) is 0 Å². The first-order chi connectivity index (χ1) is 9.22. The average Bonchev–Trinajstić information content (AvgIpc) is 2.46. The summed E-state index contributed by atoms with van der Waals surface area (Å²) in [6, 6.07) is 14.4. The monoisotopic (exact) mass is 270 g/mol. The third-order valence-electron chi connectivity index (χ3n) is 2.54. The minimum Gasteiger partial charge on any atom is -0.465 e. The molecule has 0 bridgehead atoms. The number of methoxy groups -OCH3 is 1. The summed E-state index contributed by atoms with van der Waals surface area (Å²) in [6.07, 6.45) is 0. The first kappa shape index (κ1) is 13.2. The Balaban J connectivity index is 2.41. The Morgan fingerprint density at radius 1 is 1.00 bits per heavy atom. The third kappa shape index (κ3) is 3.15. The molecule has 0 amide bonds. The van der Waals surface area contributed by atoms with Crippen LogP contribution < -0.4 is 0 Å². The van der Waals surface area contributed by atoms with Crippen molar-refractivity contribution in [1.82, 2.24) is 0 Å². The normalized spacial score (nSPS) is 9.37. The number of carbonyl (C=O) groups is 1.